The summed E-state index contributed by atoms with van der Waals surface area (Å²) in [4.78, 5) is 12.9. The highest BCUT2D eigenvalue weighted by molar-refractivity contribution is 6.30. The molecule has 174 valence electrons. The Hall–Kier alpha value is -3.46. The molecular weight excluding hydrogens is 452 g/mol. The number of aromatic nitrogens is 3. The van der Waals surface area contributed by atoms with Gasteiger partial charge in [0.2, 0.25) is 0 Å². The fraction of sp³-hybridized carbons (Fsp3) is 0.240. The van der Waals surface area contributed by atoms with Crippen molar-refractivity contribution in [3.05, 3.63) is 71.8 Å². The minimum Gasteiger partial charge on any atom is -0.455 e. The minimum atomic E-state index is -0.252. The number of pyridine rings is 1. The van der Waals surface area contributed by atoms with Gasteiger partial charge in [0.05, 0.1) is 23.3 Å². The average molecular weight is 477 g/mol. The molecule has 0 bridgehead atoms. The van der Waals surface area contributed by atoms with Gasteiger partial charge in [0, 0.05) is 34.6 Å². The molecule has 1 aliphatic heterocycles. The van der Waals surface area contributed by atoms with Crippen LogP contribution >= 0.6 is 11.6 Å². The highest BCUT2D eigenvalue weighted by atomic mass is 35.5. The first kappa shape index (κ1) is 22.3. The maximum Gasteiger partial charge on any atom is 0.184 e. The van der Waals surface area contributed by atoms with Crippen molar-refractivity contribution >= 4 is 39.7 Å². The fourth-order valence-electron chi connectivity index (χ4n) is 3.76. The van der Waals surface area contributed by atoms with Crippen LogP contribution in [0.4, 0.5) is 17.2 Å². The zero-order valence-electron chi connectivity index (χ0n) is 19.1. The number of anilines is 3. The number of benzene rings is 2. The van der Waals surface area contributed by atoms with E-state index >= 15 is 0 Å². The maximum absolute atomic E-state index is 6.01. The predicted octanol–water partition coefficient (Wildman–Crippen LogP) is 5.62. The van der Waals surface area contributed by atoms with Gasteiger partial charge in [0.25, 0.3) is 0 Å². The largest absolute Gasteiger partial charge is 0.455 e. The van der Waals surface area contributed by atoms with E-state index in [2.05, 4.69) is 44.7 Å². The maximum atomic E-state index is 6.01. The van der Waals surface area contributed by atoms with Crippen LogP contribution in [0.15, 0.2) is 61.2 Å². The SMILES string of the molecule is Cc1cc(Nc2ncnc3ccc(NC4NC(C)(C)CO4)cc23)ccc1Oc1cncc(Cl)c1. The van der Waals surface area contributed by atoms with Gasteiger partial charge in [-0.05, 0) is 62.7 Å². The summed E-state index contributed by atoms with van der Waals surface area (Å²) in [6, 6.07) is 13.5. The lowest BCUT2D eigenvalue weighted by Gasteiger charge is -2.19. The Labute approximate surface area is 202 Å². The van der Waals surface area contributed by atoms with Crippen molar-refractivity contribution < 1.29 is 9.47 Å². The van der Waals surface area contributed by atoms with Crippen molar-refractivity contribution in [2.24, 2.45) is 0 Å². The molecule has 0 radical (unpaired) electrons. The molecule has 1 saturated heterocycles. The number of nitrogens with zero attached hydrogens (tertiary/aromatic N) is 3. The Morgan fingerprint density at radius 1 is 1.09 bits per heavy atom. The summed E-state index contributed by atoms with van der Waals surface area (Å²) in [5.74, 6) is 2.02. The van der Waals surface area contributed by atoms with Crippen molar-refractivity contribution in [3.63, 3.8) is 0 Å². The van der Waals surface area contributed by atoms with Crippen LogP contribution in [-0.4, -0.2) is 33.4 Å². The lowest BCUT2D eigenvalue weighted by atomic mass is 10.1. The Morgan fingerprint density at radius 2 is 1.94 bits per heavy atom. The van der Waals surface area contributed by atoms with E-state index in [-0.39, 0.29) is 11.9 Å². The number of aryl methyl sites for hydroxylation is 1. The molecular formula is C25H25ClN6O2. The highest BCUT2D eigenvalue weighted by Crippen LogP contribution is 2.31. The van der Waals surface area contributed by atoms with E-state index in [1.807, 2.05) is 43.3 Å². The first-order valence-electron chi connectivity index (χ1n) is 10.9. The van der Waals surface area contributed by atoms with E-state index in [1.54, 1.807) is 24.8 Å². The number of hydrogen-bond acceptors (Lipinski definition) is 8. The van der Waals surface area contributed by atoms with Crippen LogP contribution in [0.2, 0.25) is 5.02 Å². The summed E-state index contributed by atoms with van der Waals surface area (Å²) < 4.78 is 11.7. The average Bonchev–Trinajstić information content (AvgIpc) is 3.14. The molecule has 5 rings (SSSR count). The summed E-state index contributed by atoms with van der Waals surface area (Å²) in [5.41, 5.74) is 3.53. The van der Waals surface area contributed by atoms with Crippen molar-refractivity contribution in [3.8, 4) is 11.5 Å². The lowest BCUT2D eigenvalue weighted by molar-refractivity contribution is 0.119. The second-order valence-corrected chi connectivity index (χ2v) is 9.30. The molecule has 0 aliphatic carbocycles. The molecule has 2 aromatic carbocycles. The van der Waals surface area contributed by atoms with Crippen molar-refractivity contribution in [1.82, 2.24) is 20.3 Å². The third-order valence-corrected chi connectivity index (χ3v) is 5.62. The van der Waals surface area contributed by atoms with Gasteiger partial charge in [0.1, 0.15) is 23.6 Å². The lowest BCUT2D eigenvalue weighted by Crippen LogP contribution is -2.42. The van der Waals surface area contributed by atoms with Crippen LogP contribution in [0.25, 0.3) is 10.9 Å². The van der Waals surface area contributed by atoms with Crippen LogP contribution in [0.1, 0.15) is 19.4 Å². The number of nitrogens with one attached hydrogen (secondary N) is 3. The summed E-state index contributed by atoms with van der Waals surface area (Å²) in [6.07, 6.45) is 4.50. The van der Waals surface area contributed by atoms with Gasteiger partial charge < -0.3 is 20.1 Å². The molecule has 1 unspecified atom stereocenters. The second-order valence-electron chi connectivity index (χ2n) is 8.86. The first-order chi connectivity index (χ1) is 16.3. The van der Waals surface area contributed by atoms with Gasteiger partial charge in [-0.3, -0.25) is 10.3 Å². The molecule has 1 atom stereocenters. The molecule has 0 amide bonds. The number of ether oxygens (including phenoxy) is 2. The van der Waals surface area contributed by atoms with Crippen LogP contribution in [0.5, 0.6) is 11.5 Å². The third-order valence-electron chi connectivity index (χ3n) is 5.41. The summed E-state index contributed by atoms with van der Waals surface area (Å²) >= 11 is 6.01. The van der Waals surface area contributed by atoms with Crippen LogP contribution in [-0.2, 0) is 4.74 Å². The number of hydrogen-bond donors (Lipinski definition) is 3. The Balaban J connectivity index is 1.36. The highest BCUT2D eigenvalue weighted by Gasteiger charge is 2.30. The van der Waals surface area contributed by atoms with Gasteiger partial charge in [-0.25, -0.2) is 9.97 Å². The Bertz CT molecular complexity index is 1350. The predicted molar refractivity (Wildman–Crippen MR) is 134 cm³/mol. The molecule has 4 aromatic rings. The van der Waals surface area contributed by atoms with Gasteiger partial charge in [-0.15, -0.1) is 0 Å². The van der Waals surface area contributed by atoms with Gasteiger partial charge >= 0.3 is 0 Å². The smallest absolute Gasteiger partial charge is 0.184 e. The van der Waals surface area contributed by atoms with E-state index < -0.39 is 0 Å². The van der Waals surface area contributed by atoms with Crippen molar-refractivity contribution in [1.29, 1.82) is 0 Å². The number of halogens is 1. The van der Waals surface area contributed by atoms with Crippen LogP contribution < -0.4 is 20.7 Å². The Kier molecular flexibility index (Phi) is 5.95. The number of rotatable bonds is 6. The summed E-state index contributed by atoms with van der Waals surface area (Å²) in [7, 11) is 0. The van der Waals surface area contributed by atoms with E-state index in [0.717, 1.165) is 33.6 Å². The monoisotopic (exact) mass is 476 g/mol. The molecule has 0 spiro atoms. The standard InChI is InChI=1S/C25H25ClN6O2/c1-15-8-17(5-7-22(15)34-19-9-16(26)11-27-12-19)30-23-20-10-18(4-6-21(20)28-14-29-23)31-24-32-25(2,3)13-33-24/h4-12,14,24,31-32H,13H2,1-3H3,(H,28,29,30). The van der Waals surface area contributed by atoms with E-state index in [1.165, 1.54) is 0 Å². The Morgan fingerprint density at radius 3 is 2.71 bits per heavy atom. The van der Waals surface area contributed by atoms with Crippen molar-refractivity contribution in [2.45, 2.75) is 32.7 Å². The van der Waals surface area contributed by atoms with Gasteiger partial charge in [-0.1, -0.05) is 11.6 Å². The van der Waals surface area contributed by atoms with Gasteiger partial charge in [-0.2, -0.15) is 0 Å². The zero-order valence-corrected chi connectivity index (χ0v) is 19.8. The molecule has 3 N–H and O–H groups in total. The molecule has 3 heterocycles. The second kappa shape index (κ2) is 9.06. The summed E-state index contributed by atoms with van der Waals surface area (Å²) in [6.45, 7) is 6.83. The van der Waals surface area contributed by atoms with Crippen molar-refractivity contribution in [2.75, 3.05) is 17.2 Å². The van der Waals surface area contributed by atoms with Crippen LogP contribution in [0, 0.1) is 6.92 Å². The fourth-order valence-corrected chi connectivity index (χ4v) is 3.92. The summed E-state index contributed by atoms with van der Waals surface area (Å²) in [5, 5.41) is 11.6. The molecule has 2 aromatic heterocycles. The first-order valence-corrected chi connectivity index (χ1v) is 11.3. The number of fused-ring (bicyclic) bond motifs is 1. The minimum absolute atomic E-state index is 0.0681. The molecule has 9 heteroatoms. The van der Waals surface area contributed by atoms with E-state index in [4.69, 9.17) is 21.1 Å². The normalized spacial score (nSPS) is 17.0. The topological polar surface area (TPSA) is 93.2 Å². The molecule has 1 fully saturated rings. The molecule has 0 saturated carbocycles. The van der Waals surface area contributed by atoms with Crippen LogP contribution in [0.3, 0.4) is 0 Å². The van der Waals surface area contributed by atoms with E-state index in [0.29, 0.717) is 23.2 Å². The van der Waals surface area contributed by atoms with E-state index in [9.17, 15) is 0 Å². The molecule has 34 heavy (non-hydrogen) atoms. The third kappa shape index (κ3) is 5.04. The quantitative estimate of drug-likeness (QED) is 0.330. The molecule has 8 nitrogen and oxygen atoms in total. The zero-order chi connectivity index (χ0) is 23.7. The molecule has 1 aliphatic rings. The van der Waals surface area contributed by atoms with Gasteiger partial charge in [0.15, 0.2) is 6.35 Å².